The molecule has 0 fully saturated rings. The van der Waals surface area contributed by atoms with Gasteiger partial charge in [-0.25, -0.2) is 0 Å². The maximum Gasteiger partial charge on any atom is 0.0457 e. The molecule has 0 saturated carbocycles. The third-order valence-corrected chi connectivity index (χ3v) is 3.39. The number of aromatic amines is 1. The molecule has 0 amide bonds. The SMILES string of the molecule is Cc1cc(C)cc(NCc2cccc3[nH]ccc23)c1. The van der Waals surface area contributed by atoms with Gasteiger partial charge in [-0.05, 0) is 54.8 Å². The second-order valence-corrected chi connectivity index (χ2v) is 5.09. The molecular formula is C17H18N2. The van der Waals surface area contributed by atoms with E-state index in [2.05, 4.69) is 66.6 Å². The number of anilines is 1. The molecule has 2 aromatic carbocycles. The van der Waals surface area contributed by atoms with E-state index in [1.54, 1.807) is 0 Å². The summed E-state index contributed by atoms with van der Waals surface area (Å²) in [6.45, 7) is 5.11. The van der Waals surface area contributed by atoms with E-state index in [0.717, 1.165) is 6.54 Å². The van der Waals surface area contributed by atoms with Gasteiger partial charge in [-0.15, -0.1) is 0 Å². The summed E-state index contributed by atoms with van der Waals surface area (Å²) >= 11 is 0. The molecule has 0 saturated heterocycles. The van der Waals surface area contributed by atoms with E-state index >= 15 is 0 Å². The highest BCUT2D eigenvalue weighted by molar-refractivity contribution is 5.83. The Kier molecular flexibility index (Phi) is 3.00. The third kappa shape index (κ3) is 2.48. The minimum atomic E-state index is 0.845. The first kappa shape index (κ1) is 11.8. The zero-order chi connectivity index (χ0) is 13.2. The van der Waals surface area contributed by atoms with Gasteiger partial charge in [0.15, 0.2) is 0 Å². The quantitative estimate of drug-likeness (QED) is 0.708. The van der Waals surface area contributed by atoms with Gasteiger partial charge in [0, 0.05) is 29.3 Å². The lowest BCUT2D eigenvalue weighted by Gasteiger charge is -2.09. The first-order valence-electron chi connectivity index (χ1n) is 6.59. The maximum absolute atomic E-state index is 3.51. The van der Waals surface area contributed by atoms with Crippen molar-refractivity contribution in [2.75, 3.05) is 5.32 Å². The average Bonchev–Trinajstić information content (AvgIpc) is 2.83. The number of hydrogen-bond donors (Lipinski definition) is 2. The van der Waals surface area contributed by atoms with E-state index in [1.807, 2.05) is 6.20 Å². The van der Waals surface area contributed by atoms with Gasteiger partial charge in [0.1, 0.15) is 0 Å². The van der Waals surface area contributed by atoms with E-state index in [1.165, 1.54) is 33.3 Å². The average molecular weight is 250 g/mol. The normalized spacial score (nSPS) is 10.8. The van der Waals surface area contributed by atoms with Crippen LogP contribution < -0.4 is 5.32 Å². The highest BCUT2D eigenvalue weighted by Gasteiger charge is 2.02. The molecular weight excluding hydrogens is 232 g/mol. The van der Waals surface area contributed by atoms with Crippen LogP contribution >= 0.6 is 0 Å². The number of aromatic nitrogens is 1. The molecule has 19 heavy (non-hydrogen) atoms. The summed E-state index contributed by atoms with van der Waals surface area (Å²) in [5, 5.41) is 4.80. The Morgan fingerprint density at radius 2 is 1.79 bits per heavy atom. The predicted molar refractivity (Wildman–Crippen MR) is 81.5 cm³/mol. The molecule has 0 atom stereocenters. The van der Waals surface area contributed by atoms with E-state index in [9.17, 15) is 0 Å². The van der Waals surface area contributed by atoms with Gasteiger partial charge in [-0.3, -0.25) is 0 Å². The molecule has 0 aliphatic rings. The Bertz CT molecular complexity index is 690. The number of benzene rings is 2. The number of aryl methyl sites for hydroxylation is 2. The van der Waals surface area contributed by atoms with Gasteiger partial charge >= 0.3 is 0 Å². The summed E-state index contributed by atoms with van der Waals surface area (Å²) in [5.41, 5.74) is 6.28. The summed E-state index contributed by atoms with van der Waals surface area (Å²) < 4.78 is 0. The van der Waals surface area contributed by atoms with Crippen LogP contribution in [0.3, 0.4) is 0 Å². The Morgan fingerprint density at radius 1 is 1.00 bits per heavy atom. The van der Waals surface area contributed by atoms with Crippen LogP contribution in [0.15, 0.2) is 48.7 Å². The molecule has 0 aliphatic heterocycles. The summed E-state index contributed by atoms with van der Waals surface area (Å²) in [6.07, 6.45) is 1.99. The van der Waals surface area contributed by atoms with Gasteiger partial charge in [0.2, 0.25) is 0 Å². The number of hydrogen-bond acceptors (Lipinski definition) is 1. The molecule has 1 heterocycles. The van der Waals surface area contributed by atoms with E-state index in [4.69, 9.17) is 0 Å². The summed E-state index contributed by atoms with van der Waals surface area (Å²) in [4.78, 5) is 3.25. The van der Waals surface area contributed by atoms with Crippen LogP contribution in [0.5, 0.6) is 0 Å². The lowest BCUT2D eigenvalue weighted by atomic mass is 10.1. The lowest BCUT2D eigenvalue weighted by Crippen LogP contribution is -2.00. The number of nitrogens with one attached hydrogen (secondary N) is 2. The van der Waals surface area contributed by atoms with Crippen LogP contribution in [0.2, 0.25) is 0 Å². The van der Waals surface area contributed by atoms with Crippen LogP contribution in [-0.4, -0.2) is 4.98 Å². The highest BCUT2D eigenvalue weighted by atomic mass is 14.9. The molecule has 0 radical (unpaired) electrons. The van der Waals surface area contributed by atoms with Crippen molar-refractivity contribution in [3.8, 4) is 0 Å². The van der Waals surface area contributed by atoms with Crippen molar-refractivity contribution < 1.29 is 0 Å². The fraction of sp³-hybridized carbons (Fsp3) is 0.176. The van der Waals surface area contributed by atoms with Gasteiger partial charge in [0.05, 0.1) is 0 Å². The van der Waals surface area contributed by atoms with Gasteiger partial charge < -0.3 is 10.3 Å². The van der Waals surface area contributed by atoms with Crippen molar-refractivity contribution >= 4 is 16.6 Å². The van der Waals surface area contributed by atoms with Crippen molar-refractivity contribution in [2.45, 2.75) is 20.4 Å². The van der Waals surface area contributed by atoms with Crippen molar-refractivity contribution in [2.24, 2.45) is 0 Å². The second-order valence-electron chi connectivity index (χ2n) is 5.09. The van der Waals surface area contributed by atoms with Crippen LogP contribution in [0.4, 0.5) is 5.69 Å². The molecule has 3 aromatic rings. The Labute approximate surface area is 113 Å². The van der Waals surface area contributed by atoms with Gasteiger partial charge in [0.25, 0.3) is 0 Å². The van der Waals surface area contributed by atoms with E-state index < -0.39 is 0 Å². The molecule has 0 aliphatic carbocycles. The number of fused-ring (bicyclic) bond motifs is 1. The fourth-order valence-corrected chi connectivity index (χ4v) is 2.58. The molecule has 96 valence electrons. The Hall–Kier alpha value is -2.22. The minimum Gasteiger partial charge on any atom is -0.381 e. The zero-order valence-corrected chi connectivity index (χ0v) is 11.3. The predicted octanol–water partition coefficient (Wildman–Crippen LogP) is 4.40. The smallest absolute Gasteiger partial charge is 0.0457 e. The number of H-pyrrole nitrogens is 1. The largest absolute Gasteiger partial charge is 0.381 e. The highest BCUT2D eigenvalue weighted by Crippen LogP contribution is 2.20. The van der Waals surface area contributed by atoms with Crippen LogP contribution in [-0.2, 0) is 6.54 Å². The van der Waals surface area contributed by atoms with Crippen LogP contribution in [0.1, 0.15) is 16.7 Å². The van der Waals surface area contributed by atoms with Gasteiger partial charge in [-0.2, -0.15) is 0 Å². The molecule has 0 unspecified atom stereocenters. The standard InChI is InChI=1S/C17H18N2/c1-12-8-13(2)10-15(9-12)19-11-14-4-3-5-17-16(14)6-7-18-17/h3-10,18-19H,11H2,1-2H3. The lowest BCUT2D eigenvalue weighted by molar-refractivity contribution is 1.16. The molecule has 2 nitrogen and oxygen atoms in total. The molecule has 0 spiro atoms. The Balaban J connectivity index is 1.84. The first-order chi connectivity index (χ1) is 9.22. The second kappa shape index (κ2) is 4.81. The Morgan fingerprint density at radius 3 is 2.58 bits per heavy atom. The third-order valence-electron chi connectivity index (χ3n) is 3.39. The van der Waals surface area contributed by atoms with Gasteiger partial charge in [-0.1, -0.05) is 18.2 Å². The molecule has 2 heteroatoms. The molecule has 2 N–H and O–H groups in total. The van der Waals surface area contributed by atoms with Crippen LogP contribution in [0.25, 0.3) is 10.9 Å². The zero-order valence-electron chi connectivity index (χ0n) is 11.3. The molecule has 1 aromatic heterocycles. The fourth-order valence-electron chi connectivity index (χ4n) is 2.58. The van der Waals surface area contributed by atoms with Crippen molar-refractivity contribution in [1.29, 1.82) is 0 Å². The van der Waals surface area contributed by atoms with Crippen molar-refractivity contribution in [3.05, 3.63) is 65.4 Å². The van der Waals surface area contributed by atoms with Crippen molar-refractivity contribution in [1.82, 2.24) is 4.98 Å². The number of rotatable bonds is 3. The minimum absolute atomic E-state index is 0.845. The van der Waals surface area contributed by atoms with Crippen molar-refractivity contribution in [3.63, 3.8) is 0 Å². The van der Waals surface area contributed by atoms with Crippen LogP contribution in [0, 0.1) is 13.8 Å². The molecule has 3 rings (SSSR count). The maximum atomic E-state index is 3.51. The van der Waals surface area contributed by atoms with E-state index in [0.29, 0.717) is 0 Å². The van der Waals surface area contributed by atoms with E-state index in [-0.39, 0.29) is 0 Å². The summed E-state index contributed by atoms with van der Waals surface area (Å²) in [6, 6.07) is 15.1. The monoisotopic (exact) mass is 250 g/mol. The first-order valence-corrected chi connectivity index (χ1v) is 6.59. The summed E-state index contributed by atoms with van der Waals surface area (Å²) in [5.74, 6) is 0. The summed E-state index contributed by atoms with van der Waals surface area (Å²) in [7, 11) is 0. The molecule has 0 bridgehead atoms. The topological polar surface area (TPSA) is 27.8 Å².